The number of rotatable bonds is 3. The number of aromatic hydroxyl groups is 1. The number of aryl methyl sites for hydroxylation is 2. The number of carbonyl (C=O) groups excluding carboxylic acids is 2. The van der Waals surface area contributed by atoms with Gasteiger partial charge in [-0.25, -0.2) is 0 Å². The second-order valence-corrected chi connectivity index (χ2v) is 8.75. The van der Waals surface area contributed by atoms with Crippen LogP contribution in [0.4, 0.5) is 0 Å². The van der Waals surface area contributed by atoms with Gasteiger partial charge in [0.15, 0.2) is 5.54 Å². The largest absolute Gasteiger partial charge is 0.507 e. The van der Waals surface area contributed by atoms with Gasteiger partial charge in [-0.15, -0.1) is 0 Å². The van der Waals surface area contributed by atoms with Gasteiger partial charge in [0.25, 0.3) is 0 Å². The Morgan fingerprint density at radius 2 is 1.71 bits per heavy atom. The predicted molar refractivity (Wildman–Crippen MR) is 99.5 cm³/mol. The lowest BCUT2D eigenvalue weighted by molar-refractivity contribution is -0.155. The quantitative estimate of drug-likeness (QED) is 0.564. The summed E-state index contributed by atoms with van der Waals surface area (Å²) in [4.78, 5) is 39.6. The fourth-order valence-corrected chi connectivity index (χ4v) is 4.53. The molecule has 4 N–H and O–H groups in total. The van der Waals surface area contributed by atoms with Crippen LogP contribution in [-0.4, -0.2) is 55.7 Å². The molecule has 4 atom stereocenters. The molecule has 2 aliphatic rings. The van der Waals surface area contributed by atoms with Crippen molar-refractivity contribution in [1.82, 2.24) is 10.2 Å². The average Bonchev–Trinajstić information content (AvgIpc) is 3.06. The molecule has 0 aliphatic carbocycles. The van der Waals surface area contributed by atoms with Crippen LogP contribution in [0.3, 0.4) is 0 Å². The fraction of sp³-hybridized carbons (Fsp3) is 0.550. The highest BCUT2D eigenvalue weighted by Gasteiger charge is 2.69. The van der Waals surface area contributed by atoms with Crippen molar-refractivity contribution in [3.8, 4) is 5.75 Å². The van der Waals surface area contributed by atoms with Gasteiger partial charge in [-0.05, 0) is 51.3 Å². The molecular weight excluding hydrogens is 364 g/mol. The number of phenols is 1. The molecule has 2 fully saturated rings. The number of carboxylic acid groups (broad SMARTS) is 1. The molecule has 152 valence electrons. The van der Waals surface area contributed by atoms with Crippen LogP contribution in [-0.2, 0) is 14.4 Å². The number of nitrogens with zero attached hydrogens (tertiary/aromatic N) is 1. The van der Waals surface area contributed by atoms with Gasteiger partial charge in [-0.1, -0.05) is 12.1 Å². The lowest BCUT2D eigenvalue weighted by Crippen LogP contribution is -2.59. The maximum Gasteiger partial charge on any atom is 0.327 e. The molecule has 2 aliphatic heterocycles. The first kappa shape index (κ1) is 20.3. The van der Waals surface area contributed by atoms with Crippen LogP contribution in [0, 0.1) is 25.7 Å². The summed E-state index contributed by atoms with van der Waals surface area (Å²) in [6, 6.07) is 2.56. The fourth-order valence-electron chi connectivity index (χ4n) is 4.53. The molecule has 3 rings (SSSR count). The molecule has 4 unspecified atom stereocenters. The van der Waals surface area contributed by atoms with E-state index in [0.29, 0.717) is 16.7 Å². The Morgan fingerprint density at radius 3 is 2.14 bits per heavy atom. The minimum atomic E-state index is -1.96. The predicted octanol–water partition coefficient (Wildman–Crippen LogP) is 0.869. The monoisotopic (exact) mass is 390 g/mol. The normalized spacial score (nSPS) is 30.1. The van der Waals surface area contributed by atoms with E-state index in [1.165, 1.54) is 0 Å². The molecule has 2 amide bonds. The van der Waals surface area contributed by atoms with Crippen molar-refractivity contribution in [3.05, 3.63) is 28.8 Å². The van der Waals surface area contributed by atoms with Crippen LogP contribution in [0.15, 0.2) is 12.1 Å². The number of phenolic OH excluding ortho intramolecular Hbond substituents is 1. The zero-order valence-corrected chi connectivity index (χ0v) is 16.6. The number of likely N-dealkylation sites (tertiary alicyclic amines) is 1. The minimum Gasteiger partial charge on any atom is -0.507 e. The van der Waals surface area contributed by atoms with Crippen molar-refractivity contribution in [3.63, 3.8) is 0 Å². The Kier molecular flexibility index (Phi) is 4.55. The summed E-state index contributed by atoms with van der Waals surface area (Å²) in [6.45, 7) is 7.72. The van der Waals surface area contributed by atoms with E-state index in [1.54, 1.807) is 46.8 Å². The van der Waals surface area contributed by atoms with E-state index in [4.69, 9.17) is 0 Å². The van der Waals surface area contributed by atoms with Gasteiger partial charge in [-0.2, -0.15) is 0 Å². The van der Waals surface area contributed by atoms with E-state index in [9.17, 15) is 29.7 Å². The number of amides is 2. The molecule has 2 heterocycles. The van der Waals surface area contributed by atoms with Crippen LogP contribution in [0.2, 0.25) is 0 Å². The number of benzene rings is 1. The Morgan fingerprint density at radius 1 is 1.18 bits per heavy atom. The number of nitrogens with one attached hydrogen (secondary N) is 1. The third-order valence-corrected chi connectivity index (χ3v) is 5.83. The van der Waals surface area contributed by atoms with Crippen molar-refractivity contribution in [2.24, 2.45) is 11.8 Å². The summed E-state index contributed by atoms with van der Waals surface area (Å²) in [5.74, 6) is -4.49. The summed E-state index contributed by atoms with van der Waals surface area (Å²) in [5, 5.41) is 32.8. The third kappa shape index (κ3) is 2.62. The van der Waals surface area contributed by atoms with Gasteiger partial charge < -0.3 is 15.3 Å². The lowest BCUT2D eigenvalue weighted by Gasteiger charge is -2.34. The maximum absolute atomic E-state index is 13.2. The number of carbonyl (C=O) groups is 3. The lowest BCUT2D eigenvalue weighted by atomic mass is 9.79. The van der Waals surface area contributed by atoms with Crippen molar-refractivity contribution >= 4 is 17.8 Å². The molecule has 0 radical (unpaired) electrons. The van der Waals surface area contributed by atoms with Gasteiger partial charge in [0.1, 0.15) is 5.75 Å². The summed E-state index contributed by atoms with van der Waals surface area (Å²) < 4.78 is 0. The number of hydrogen-bond donors (Lipinski definition) is 4. The summed E-state index contributed by atoms with van der Waals surface area (Å²) in [5.41, 5.74) is -1.02. The molecule has 0 bridgehead atoms. The highest BCUT2D eigenvalue weighted by Crippen LogP contribution is 2.50. The van der Waals surface area contributed by atoms with Crippen LogP contribution in [0.5, 0.6) is 5.75 Å². The van der Waals surface area contributed by atoms with Gasteiger partial charge in [-0.3, -0.25) is 24.6 Å². The first-order valence-corrected chi connectivity index (χ1v) is 9.16. The number of aliphatic hydroxyl groups is 1. The summed E-state index contributed by atoms with van der Waals surface area (Å²) >= 11 is 0. The zero-order valence-electron chi connectivity index (χ0n) is 16.6. The van der Waals surface area contributed by atoms with Crippen molar-refractivity contribution in [1.29, 1.82) is 0 Å². The van der Waals surface area contributed by atoms with E-state index in [1.807, 2.05) is 0 Å². The highest BCUT2D eigenvalue weighted by atomic mass is 16.4. The second-order valence-electron chi connectivity index (χ2n) is 8.75. The Bertz CT molecular complexity index is 851. The molecule has 28 heavy (non-hydrogen) atoms. The van der Waals surface area contributed by atoms with E-state index >= 15 is 0 Å². The van der Waals surface area contributed by atoms with Crippen molar-refractivity contribution < 1.29 is 29.7 Å². The van der Waals surface area contributed by atoms with Crippen LogP contribution < -0.4 is 5.32 Å². The molecule has 0 saturated carbocycles. The number of fused-ring (bicyclic) bond motifs is 1. The van der Waals surface area contributed by atoms with Gasteiger partial charge >= 0.3 is 5.97 Å². The second kappa shape index (κ2) is 6.28. The molecular formula is C20H26N2O6. The van der Waals surface area contributed by atoms with Crippen molar-refractivity contribution in [2.45, 2.75) is 51.7 Å². The number of carboxylic acids is 1. The maximum atomic E-state index is 13.2. The SMILES string of the molecule is Cc1cc(C2NC(CO)(C(=O)O)C3C(=O)N(C(C)(C)C)C(=O)C23)cc(C)c1O. The highest BCUT2D eigenvalue weighted by molar-refractivity contribution is 6.10. The number of imide groups is 1. The molecule has 1 aromatic rings. The summed E-state index contributed by atoms with van der Waals surface area (Å²) in [7, 11) is 0. The van der Waals surface area contributed by atoms with E-state index in [0.717, 1.165) is 4.90 Å². The molecule has 8 heteroatoms. The standard InChI is InChI=1S/C20H26N2O6/c1-9-6-11(7-10(2)15(9)24)14-12-13(20(8-23,21-14)18(27)28)17(26)22(16(12)25)19(3,4)5/h6-7,12-14,21,23-24H,8H2,1-5H3,(H,27,28). The Hall–Kier alpha value is -2.45. The average molecular weight is 390 g/mol. The molecule has 1 aromatic carbocycles. The summed E-state index contributed by atoms with van der Waals surface area (Å²) in [6.07, 6.45) is 0. The molecule has 0 spiro atoms. The van der Waals surface area contributed by atoms with Crippen molar-refractivity contribution in [2.75, 3.05) is 6.61 Å². The third-order valence-electron chi connectivity index (χ3n) is 5.83. The van der Waals surface area contributed by atoms with E-state index < -0.39 is 53.3 Å². The van der Waals surface area contributed by atoms with Gasteiger partial charge in [0, 0.05) is 11.6 Å². The molecule has 0 aromatic heterocycles. The van der Waals surface area contributed by atoms with E-state index in [2.05, 4.69) is 5.32 Å². The number of aliphatic hydroxyl groups excluding tert-OH is 1. The smallest absolute Gasteiger partial charge is 0.327 e. The van der Waals surface area contributed by atoms with Crippen LogP contribution in [0.25, 0.3) is 0 Å². The molecule has 8 nitrogen and oxygen atoms in total. The van der Waals surface area contributed by atoms with Gasteiger partial charge in [0.05, 0.1) is 18.4 Å². The minimum absolute atomic E-state index is 0.120. The zero-order chi connectivity index (χ0) is 21.2. The number of hydrogen-bond acceptors (Lipinski definition) is 6. The first-order chi connectivity index (χ1) is 12.9. The topological polar surface area (TPSA) is 127 Å². The van der Waals surface area contributed by atoms with E-state index in [-0.39, 0.29) is 5.75 Å². The van der Waals surface area contributed by atoms with Crippen LogP contribution in [0.1, 0.15) is 43.5 Å². The number of aliphatic carboxylic acids is 1. The van der Waals surface area contributed by atoms with Gasteiger partial charge in [0.2, 0.25) is 11.8 Å². The Labute approximate surface area is 163 Å². The first-order valence-electron chi connectivity index (χ1n) is 9.16. The van der Waals surface area contributed by atoms with Crippen LogP contribution >= 0.6 is 0 Å². The Balaban J connectivity index is 2.20. The molecule has 2 saturated heterocycles.